The van der Waals surface area contributed by atoms with E-state index < -0.39 is 5.91 Å². The number of methoxy groups -OCH3 is 1. The number of ether oxygens (including phenoxy) is 2. The maximum Gasteiger partial charge on any atom is 0.259 e. The van der Waals surface area contributed by atoms with Crippen LogP contribution in [0, 0.1) is 6.92 Å². The fraction of sp³-hybridized carbons (Fsp3) is 0.160. The van der Waals surface area contributed by atoms with Crippen molar-refractivity contribution in [3.63, 3.8) is 0 Å². The third-order valence-electron chi connectivity index (χ3n) is 4.59. The molecule has 0 aliphatic rings. The van der Waals surface area contributed by atoms with Gasteiger partial charge in [-0.2, -0.15) is 5.10 Å². The van der Waals surface area contributed by atoms with Crippen molar-refractivity contribution in [3.8, 4) is 11.5 Å². The number of rotatable bonds is 9. The van der Waals surface area contributed by atoms with E-state index >= 15 is 0 Å². The number of hydrazone groups is 1. The van der Waals surface area contributed by atoms with E-state index in [0.29, 0.717) is 34.3 Å². The molecule has 2 N–H and O–H groups in total. The third kappa shape index (κ3) is 7.36. The largest absolute Gasteiger partial charge is 0.493 e. The first-order valence-corrected chi connectivity index (χ1v) is 10.5. The zero-order chi connectivity index (χ0) is 23.6. The van der Waals surface area contributed by atoms with Crippen molar-refractivity contribution in [2.45, 2.75) is 13.5 Å². The first-order chi connectivity index (χ1) is 15.9. The lowest BCUT2D eigenvalue weighted by Gasteiger charge is -2.11. The van der Waals surface area contributed by atoms with E-state index in [1.54, 1.807) is 55.6 Å². The Balaban J connectivity index is 1.50. The topological polar surface area (TPSA) is 89.0 Å². The summed E-state index contributed by atoms with van der Waals surface area (Å²) in [4.78, 5) is 24.1. The third-order valence-corrected chi connectivity index (χ3v) is 4.84. The first kappa shape index (κ1) is 23.8. The van der Waals surface area contributed by atoms with Crippen LogP contribution in [0.3, 0.4) is 0 Å². The van der Waals surface area contributed by atoms with Gasteiger partial charge < -0.3 is 14.8 Å². The number of hydrogen-bond donors (Lipinski definition) is 2. The lowest BCUT2D eigenvalue weighted by Crippen LogP contribution is -2.34. The van der Waals surface area contributed by atoms with E-state index in [2.05, 4.69) is 15.8 Å². The van der Waals surface area contributed by atoms with Gasteiger partial charge in [0.1, 0.15) is 6.61 Å². The molecule has 3 rings (SSSR count). The first-order valence-electron chi connectivity index (χ1n) is 10.2. The number of hydrogen-bond acceptors (Lipinski definition) is 5. The van der Waals surface area contributed by atoms with E-state index in [4.69, 9.17) is 21.1 Å². The maximum absolute atomic E-state index is 12.1. The zero-order valence-electron chi connectivity index (χ0n) is 18.3. The number of nitrogens with one attached hydrogen (secondary N) is 2. The van der Waals surface area contributed by atoms with Gasteiger partial charge in [0.25, 0.3) is 11.8 Å². The van der Waals surface area contributed by atoms with Gasteiger partial charge in [0.2, 0.25) is 0 Å². The van der Waals surface area contributed by atoms with Crippen molar-refractivity contribution in [2.75, 3.05) is 13.7 Å². The van der Waals surface area contributed by atoms with Crippen LogP contribution in [-0.2, 0) is 11.4 Å². The molecule has 2 amide bonds. The molecule has 7 nitrogen and oxygen atoms in total. The molecule has 0 aliphatic heterocycles. The Kier molecular flexibility index (Phi) is 8.43. The van der Waals surface area contributed by atoms with Gasteiger partial charge >= 0.3 is 0 Å². The minimum Gasteiger partial charge on any atom is -0.493 e. The fourth-order valence-electron chi connectivity index (χ4n) is 2.89. The van der Waals surface area contributed by atoms with Gasteiger partial charge in [-0.3, -0.25) is 9.59 Å². The summed E-state index contributed by atoms with van der Waals surface area (Å²) in [6.07, 6.45) is 1.48. The van der Waals surface area contributed by atoms with Crippen LogP contribution in [0.5, 0.6) is 11.5 Å². The molecule has 0 spiro atoms. The van der Waals surface area contributed by atoms with Gasteiger partial charge in [0.05, 0.1) is 19.9 Å². The summed E-state index contributed by atoms with van der Waals surface area (Å²) in [5.41, 5.74) is 5.53. The molecule has 0 saturated carbocycles. The number of benzene rings is 3. The van der Waals surface area contributed by atoms with E-state index in [-0.39, 0.29) is 12.5 Å². The van der Waals surface area contributed by atoms with Crippen molar-refractivity contribution in [1.82, 2.24) is 10.7 Å². The predicted octanol–water partition coefficient (Wildman–Crippen LogP) is 4.12. The van der Waals surface area contributed by atoms with Gasteiger partial charge in [-0.15, -0.1) is 0 Å². The highest BCUT2D eigenvalue weighted by molar-refractivity contribution is 6.30. The van der Waals surface area contributed by atoms with Gasteiger partial charge in [-0.1, -0.05) is 41.4 Å². The summed E-state index contributed by atoms with van der Waals surface area (Å²) in [6.45, 7) is 2.07. The molecule has 0 radical (unpaired) electrons. The van der Waals surface area contributed by atoms with Gasteiger partial charge in [-0.25, -0.2) is 5.43 Å². The highest BCUT2D eigenvalue weighted by Gasteiger charge is 2.08. The summed E-state index contributed by atoms with van der Waals surface area (Å²) in [6, 6.07) is 19.8. The summed E-state index contributed by atoms with van der Waals surface area (Å²) in [5.74, 6) is 0.344. The van der Waals surface area contributed by atoms with Crippen LogP contribution in [-0.4, -0.2) is 31.7 Å². The van der Waals surface area contributed by atoms with Crippen molar-refractivity contribution in [1.29, 1.82) is 0 Å². The SMILES string of the molecule is COc1cc(C=NNC(=O)CNC(=O)c2cccc(C)c2)ccc1OCc1ccc(Cl)cc1. The lowest BCUT2D eigenvalue weighted by atomic mass is 10.1. The molecule has 0 heterocycles. The molecule has 0 atom stereocenters. The van der Waals surface area contributed by atoms with Crippen LogP contribution >= 0.6 is 11.6 Å². The second-order valence-electron chi connectivity index (χ2n) is 7.17. The number of aryl methyl sites for hydroxylation is 1. The Labute approximate surface area is 197 Å². The van der Waals surface area contributed by atoms with Crippen LogP contribution in [0.1, 0.15) is 27.0 Å². The maximum atomic E-state index is 12.1. The molecule has 0 fully saturated rings. The summed E-state index contributed by atoms with van der Waals surface area (Å²) in [5, 5.41) is 7.16. The molecule has 8 heteroatoms. The predicted molar refractivity (Wildman–Crippen MR) is 128 cm³/mol. The number of halogens is 1. The summed E-state index contributed by atoms with van der Waals surface area (Å²) < 4.78 is 11.2. The van der Waals surface area contributed by atoms with Gasteiger partial charge in [0, 0.05) is 10.6 Å². The van der Waals surface area contributed by atoms with Crippen LogP contribution in [0.15, 0.2) is 71.8 Å². The normalized spacial score (nSPS) is 10.6. The molecule has 0 saturated heterocycles. The smallest absolute Gasteiger partial charge is 0.259 e. The molecule has 0 bridgehead atoms. The Morgan fingerprint density at radius 1 is 1.03 bits per heavy atom. The quantitative estimate of drug-likeness (QED) is 0.367. The zero-order valence-corrected chi connectivity index (χ0v) is 19.1. The van der Waals surface area contributed by atoms with E-state index in [9.17, 15) is 9.59 Å². The molecule has 3 aromatic carbocycles. The van der Waals surface area contributed by atoms with Crippen molar-refractivity contribution in [3.05, 3.63) is 94.0 Å². The Morgan fingerprint density at radius 2 is 1.82 bits per heavy atom. The Bertz CT molecular complexity index is 1150. The highest BCUT2D eigenvalue weighted by Crippen LogP contribution is 2.28. The second-order valence-corrected chi connectivity index (χ2v) is 7.61. The van der Waals surface area contributed by atoms with Crippen molar-refractivity contribution >= 4 is 29.6 Å². The van der Waals surface area contributed by atoms with Crippen LogP contribution < -0.4 is 20.2 Å². The Hall–Kier alpha value is -3.84. The molecule has 33 heavy (non-hydrogen) atoms. The van der Waals surface area contributed by atoms with Gasteiger partial charge in [0.15, 0.2) is 11.5 Å². The minimum absolute atomic E-state index is 0.190. The summed E-state index contributed by atoms with van der Waals surface area (Å²) >= 11 is 5.90. The average Bonchev–Trinajstić information content (AvgIpc) is 2.82. The molecule has 0 aromatic heterocycles. The number of carbonyl (C=O) groups excluding carboxylic acids is 2. The van der Waals surface area contributed by atoms with Crippen molar-refractivity contribution < 1.29 is 19.1 Å². The molecule has 0 aliphatic carbocycles. The Morgan fingerprint density at radius 3 is 2.55 bits per heavy atom. The van der Waals surface area contributed by atoms with Gasteiger partial charge in [-0.05, 0) is 60.5 Å². The van der Waals surface area contributed by atoms with Crippen molar-refractivity contribution in [2.24, 2.45) is 5.10 Å². The summed E-state index contributed by atoms with van der Waals surface area (Å²) in [7, 11) is 1.55. The molecular formula is C25H24ClN3O4. The average molecular weight is 466 g/mol. The van der Waals surface area contributed by atoms with E-state index in [0.717, 1.165) is 11.1 Å². The van der Waals surface area contributed by atoms with Crippen LogP contribution in [0.4, 0.5) is 0 Å². The number of amides is 2. The van der Waals surface area contributed by atoms with Crippen LogP contribution in [0.2, 0.25) is 5.02 Å². The second kappa shape index (κ2) is 11.7. The van der Waals surface area contributed by atoms with Crippen LogP contribution in [0.25, 0.3) is 0 Å². The van der Waals surface area contributed by atoms with E-state index in [1.165, 1.54) is 6.21 Å². The monoisotopic (exact) mass is 465 g/mol. The molecular weight excluding hydrogens is 442 g/mol. The molecule has 0 unspecified atom stereocenters. The lowest BCUT2D eigenvalue weighted by molar-refractivity contribution is -0.120. The minimum atomic E-state index is -0.442. The standard InChI is InChI=1S/C25H24ClN3O4/c1-17-4-3-5-20(12-17)25(31)27-15-24(30)29-28-14-19-8-11-22(23(13-19)32-2)33-16-18-6-9-21(26)10-7-18/h3-14H,15-16H2,1-2H3,(H,27,31)(H,29,30). The highest BCUT2D eigenvalue weighted by atomic mass is 35.5. The fourth-order valence-corrected chi connectivity index (χ4v) is 3.02. The number of nitrogens with zero attached hydrogens (tertiary/aromatic N) is 1. The molecule has 170 valence electrons. The number of carbonyl (C=O) groups is 2. The molecule has 3 aromatic rings. The van der Waals surface area contributed by atoms with E-state index in [1.807, 2.05) is 25.1 Å².